The SMILES string of the molecule is CCC(C)(CO)NC(=O)c1c(C)cccc1C. The molecule has 0 aliphatic carbocycles. The monoisotopic (exact) mass is 235 g/mol. The first-order valence-electron chi connectivity index (χ1n) is 5.93. The number of amides is 1. The first-order valence-corrected chi connectivity index (χ1v) is 5.93. The van der Waals surface area contributed by atoms with Crippen LogP contribution in [0.5, 0.6) is 0 Å². The maximum Gasteiger partial charge on any atom is 0.252 e. The molecule has 17 heavy (non-hydrogen) atoms. The van der Waals surface area contributed by atoms with Crippen molar-refractivity contribution in [2.75, 3.05) is 6.61 Å². The van der Waals surface area contributed by atoms with Crippen molar-refractivity contribution in [3.05, 3.63) is 34.9 Å². The zero-order valence-electron chi connectivity index (χ0n) is 11.0. The molecule has 0 saturated carbocycles. The van der Waals surface area contributed by atoms with Gasteiger partial charge in [-0.15, -0.1) is 0 Å². The molecular formula is C14H21NO2. The van der Waals surface area contributed by atoms with Crippen LogP contribution in [0.3, 0.4) is 0 Å². The van der Waals surface area contributed by atoms with E-state index in [1.54, 1.807) is 0 Å². The Morgan fingerprint density at radius 3 is 2.29 bits per heavy atom. The van der Waals surface area contributed by atoms with Crippen LogP contribution in [0.1, 0.15) is 41.8 Å². The van der Waals surface area contributed by atoms with Gasteiger partial charge in [-0.25, -0.2) is 0 Å². The van der Waals surface area contributed by atoms with Gasteiger partial charge in [-0.1, -0.05) is 25.1 Å². The summed E-state index contributed by atoms with van der Waals surface area (Å²) in [5.41, 5.74) is 2.07. The second kappa shape index (κ2) is 5.32. The van der Waals surface area contributed by atoms with E-state index < -0.39 is 5.54 Å². The maximum absolute atomic E-state index is 12.2. The van der Waals surface area contributed by atoms with E-state index in [2.05, 4.69) is 5.32 Å². The van der Waals surface area contributed by atoms with Gasteiger partial charge in [0, 0.05) is 5.56 Å². The van der Waals surface area contributed by atoms with Crippen LogP contribution in [0, 0.1) is 13.8 Å². The molecule has 1 rings (SSSR count). The number of hydrogen-bond donors (Lipinski definition) is 2. The van der Waals surface area contributed by atoms with Gasteiger partial charge < -0.3 is 10.4 Å². The highest BCUT2D eigenvalue weighted by atomic mass is 16.3. The van der Waals surface area contributed by atoms with Crippen LogP contribution in [0.2, 0.25) is 0 Å². The van der Waals surface area contributed by atoms with E-state index >= 15 is 0 Å². The molecule has 0 aromatic heterocycles. The number of nitrogens with one attached hydrogen (secondary N) is 1. The molecule has 0 saturated heterocycles. The molecule has 1 aromatic carbocycles. The standard InChI is InChI=1S/C14H21NO2/c1-5-14(4,9-16)15-13(17)12-10(2)7-6-8-11(12)3/h6-8,16H,5,9H2,1-4H3,(H,15,17). The van der Waals surface area contributed by atoms with Crippen molar-refractivity contribution in [2.24, 2.45) is 0 Å². The zero-order valence-corrected chi connectivity index (χ0v) is 11.0. The van der Waals surface area contributed by atoms with Gasteiger partial charge >= 0.3 is 0 Å². The second-order valence-electron chi connectivity index (χ2n) is 4.79. The van der Waals surface area contributed by atoms with E-state index in [1.165, 1.54) is 0 Å². The highest BCUT2D eigenvalue weighted by Gasteiger charge is 2.25. The summed E-state index contributed by atoms with van der Waals surface area (Å²) in [6.45, 7) is 7.58. The average molecular weight is 235 g/mol. The molecular weight excluding hydrogens is 214 g/mol. The molecule has 94 valence electrons. The Labute approximate surface area is 103 Å². The van der Waals surface area contributed by atoms with E-state index in [0.717, 1.165) is 11.1 Å². The summed E-state index contributed by atoms with van der Waals surface area (Å²) in [6.07, 6.45) is 0.695. The van der Waals surface area contributed by atoms with Crippen LogP contribution in [-0.2, 0) is 0 Å². The Morgan fingerprint density at radius 1 is 1.35 bits per heavy atom. The van der Waals surface area contributed by atoms with E-state index in [-0.39, 0.29) is 12.5 Å². The fraction of sp³-hybridized carbons (Fsp3) is 0.500. The number of aryl methyl sites for hydroxylation is 2. The highest BCUT2D eigenvalue weighted by Crippen LogP contribution is 2.16. The fourth-order valence-electron chi connectivity index (χ4n) is 1.75. The molecule has 1 aromatic rings. The number of rotatable bonds is 4. The molecule has 1 atom stereocenters. The average Bonchev–Trinajstić information content (AvgIpc) is 2.28. The molecule has 3 nitrogen and oxygen atoms in total. The molecule has 0 spiro atoms. The minimum Gasteiger partial charge on any atom is -0.394 e. The molecule has 0 bridgehead atoms. The minimum absolute atomic E-state index is 0.0554. The smallest absolute Gasteiger partial charge is 0.252 e. The predicted molar refractivity (Wildman–Crippen MR) is 69.2 cm³/mol. The Hall–Kier alpha value is -1.35. The molecule has 0 fully saturated rings. The summed E-state index contributed by atoms with van der Waals surface area (Å²) < 4.78 is 0. The third kappa shape index (κ3) is 3.07. The Bertz CT molecular complexity index is 388. The van der Waals surface area contributed by atoms with E-state index in [0.29, 0.717) is 12.0 Å². The minimum atomic E-state index is -0.550. The van der Waals surface area contributed by atoms with Crippen molar-refractivity contribution in [3.63, 3.8) is 0 Å². The largest absolute Gasteiger partial charge is 0.394 e. The first-order chi connectivity index (χ1) is 7.93. The summed E-state index contributed by atoms with van der Waals surface area (Å²) in [7, 11) is 0. The molecule has 0 heterocycles. The van der Waals surface area contributed by atoms with Crippen LogP contribution < -0.4 is 5.32 Å². The van der Waals surface area contributed by atoms with Gasteiger partial charge in [0.2, 0.25) is 0 Å². The molecule has 0 radical (unpaired) electrons. The van der Waals surface area contributed by atoms with Crippen molar-refractivity contribution >= 4 is 5.91 Å². The molecule has 1 amide bonds. The highest BCUT2D eigenvalue weighted by molar-refractivity contribution is 5.97. The van der Waals surface area contributed by atoms with Crippen molar-refractivity contribution < 1.29 is 9.90 Å². The van der Waals surface area contributed by atoms with Gasteiger partial charge in [0.1, 0.15) is 0 Å². The predicted octanol–water partition coefficient (Wildman–Crippen LogP) is 2.19. The molecule has 0 aliphatic heterocycles. The van der Waals surface area contributed by atoms with Crippen molar-refractivity contribution in [2.45, 2.75) is 39.7 Å². The van der Waals surface area contributed by atoms with Gasteiger partial charge in [-0.2, -0.15) is 0 Å². The first kappa shape index (κ1) is 13.7. The van der Waals surface area contributed by atoms with Gasteiger partial charge in [0.15, 0.2) is 0 Å². The summed E-state index contributed by atoms with van der Waals surface area (Å²) in [5.74, 6) is -0.112. The van der Waals surface area contributed by atoms with Crippen LogP contribution in [0.4, 0.5) is 0 Å². The van der Waals surface area contributed by atoms with Crippen LogP contribution >= 0.6 is 0 Å². The lowest BCUT2D eigenvalue weighted by Crippen LogP contribution is -2.48. The number of carbonyl (C=O) groups is 1. The van der Waals surface area contributed by atoms with Crippen molar-refractivity contribution in [1.82, 2.24) is 5.32 Å². The Kier molecular flexibility index (Phi) is 4.29. The van der Waals surface area contributed by atoms with E-state index in [1.807, 2.05) is 45.9 Å². The van der Waals surface area contributed by atoms with Crippen LogP contribution in [-0.4, -0.2) is 23.2 Å². The number of aliphatic hydroxyl groups excluding tert-OH is 1. The van der Waals surface area contributed by atoms with Crippen molar-refractivity contribution in [1.29, 1.82) is 0 Å². The Balaban J connectivity index is 2.98. The lowest BCUT2D eigenvalue weighted by molar-refractivity contribution is 0.0846. The van der Waals surface area contributed by atoms with Crippen LogP contribution in [0.25, 0.3) is 0 Å². The summed E-state index contributed by atoms with van der Waals surface area (Å²) in [5, 5.41) is 12.2. The zero-order chi connectivity index (χ0) is 13.1. The quantitative estimate of drug-likeness (QED) is 0.840. The van der Waals surface area contributed by atoms with Gasteiger partial charge in [-0.3, -0.25) is 4.79 Å². The molecule has 3 heteroatoms. The maximum atomic E-state index is 12.2. The summed E-state index contributed by atoms with van der Waals surface area (Å²) in [4.78, 5) is 12.2. The lowest BCUT2D eigenvalue weighted by Gasteiger charge is -2.27. The topological polar surface area (TPSA) is 49.3 Å². The van der Waals surface area contributed by atoms with E-state index in [4.69, 9.17) is 0 Å². The molecule has 2 N–H and O–H groups in total. The van der Waals surface area contributed by atoms with Gasteiger partial charge in [0.25, 0.3) is 5.91 Å². The third-order valence-corrected chi connectivity index (χ3v) is 3.25. The Morgan fingerprint density at radius 2 is 1.88 bits per heavy atom. The van der Waals surface area contributed by atoms with Crippen molar-refractivity contribution in [3.8, 4) is 0 Å². The number of hydrogen-bond acceptors (Lipinski definition) is 2. The number of benzene rings is 1. The number of carbonyl (C=O) groups excluding carboxylic acids is 1. The van der Waals surface area contributed by atoms with E-state index in [9.17, 15) is 9.90 Å². The summed E-state index contributed by atoms with van der Waals surface area (Å²) >= 11 is 0. The third-order valence-electron chi connectivity index (χ3n) is 3.25. The van der Waals surface area contributed by atoms with Gasteiger partial charge in [-0.05, 0) is 38.3 Å². The fourth-order valence-corrected chi connectivity index (χ4v) is 1.75. The second-order valence-corrected chi connectivity index (χ2v) is 4.79. The lowest BCUT2D eigenvalue weighted by atomic mass is 9.97. The number of aliphatic hydroxyl groups is 1. The summed E-state index contributed by atoms with van der Waals surface area (Å²) in [6, 6.07) is 5.78. The molecule has 1 unspecified atom stereocenters. The van der Waals surface area contributed by atoms with Crippen LogP contribution in [0.15, 0.2) is 18.2 Å². The molecule has 0 aliphatic rings. The van der Waals surface area contributed by atoms with Gasteiger partial charge in [0.05, 0.1) is 12.1 Å². The normalized spacial score (nSPS) is 14.2.